The second-order valence-corrected chi connectivity index (χ2v) is 3.50. The third-order valence-corrected chi connectivity index (χ3v) is 2.70. The van der Waals surface area contributed by atoms with Crippen molar-refractivity contribution in [1.82, 2.24) is 15.5 Å². The van der Waals surface area contributed by atoms with Crippen LogP contribution in [0.5, 0.6) is 0 Å². The minimum atomic E-state index is 0. The Labute approximate surface area is 91.8 Å². The third kappa shape index (κ3) is 3.44. The highest BCUT2D eigenvalue weighted by Crippen LogP contribution is 2.08. The number of piperazine rings is 1. The fourth-order valence-electron chi connectivity index (χ4n) is 1.72. The molecule has 0 aliphatic carbocycles. The van der Waals surface area contributed by atoms with Crippen LogP contribution in [0.1, 0.15) is 20.3 Å². The first-order valence-electron chi connectivity index (χ1n) is 4.95. The molecule has 0 aromatic heterocycles. The van der Waals surface area contributed by atoms with Crippen molar-refractivity contribution in [3.05, 3.63) is 0 Å². The van der Waals surface area contributed by atoms with Gasteiger partial charge < -0.3 is 10.6 Å². The van der Waals surface area contributed by atoms with E-state index in [0.717, 1.165) is 32.5 Å². The SMILES string of the molecule is CCC(C)N1CCNCC1NC=O.Cl. The van der Waals surface area contributed by atoms with E-state index in [1.165, 1.54) is 0 Å². The van der Waals surface area contributed by atoms with E-state index in [0.29, 0.717) is 6.04 Å². The van der Waals surface area contributed by atoms with Gasteiger partial charge in [-0.25, -0.2) is 0 Å². The van der Waals surface area contributed by atoms with Crippen molar-refractivity contribution >= 4 is 18.8 Å². The second kappa shape index (κ2) is 7.04. The minimum Gasteiger partial charge on any atom is -0.342 e. The zero-order valence-corrected chi connectivity index (χ0v) is 9.64. The van der Waals surface area contributed by atoms with Gasteiger partial charge in [0.05, 0.1) is 6.17 Å². The van der Waals surface area contributed by atoms with Crippen LogP contribution in [0, 0.1) is 0 Å². The van der Waals surface area contributed by atoms with Gasteiger partial charge in [0, 0.05) is 25.7 Å². The Morgan fingerprint density at radius 3 is 3.00 bits per heavy atom. The predicted molar refractivity (Wildman–Crippen MR) is 59.6 cm³/mol. The maximum atomic E-state index is 10.4. The quantitative estimate of drug-likeness (QED) is 0.666. The Morgan fingerprint density at radius 2 is 2.43 bits per heavy atom. The third-order valence-electron chi connectivity index (χ3n) is 2.70. The second-order valence-electron chi connectivity index (χ2n) is 3.50. The summed E-state index contributed by atoms with van der Waals surface area (Å²) in [6.45, 7) is 7.25. The molecule has 2 N–H and O–H groups in total. The Bertz CT molecular complexity index is 168. The lowest BCUT2D eigenvalue weighted by atomic mass is 10.1. The topological polar surface area (TPSA) is 44.4 Å². The smallest absolute Gasteiger partial charge is 0.208 e. The van der Waals surface area contributed by atoms with Gasteiger partial charge in [0.15, 0.2) is 0 Å². The number of nitrogens with zero attached hydrogens (tertiary/aromatic N) is 1. The Morgan fingerprint density at radius 1 is 1.71 bits per heavy atom. The summed E-state index contributed by atoms with van der Waals surface area (Å²) in [5.74, 6) is 0. The first kappa shape index (κ1) is 13.7. The van der Waals surface area contributed by atoms with Crippen LogP contribution in [0.25, 0.3) is 0 Å². The van der Waals surface area contributed by atoms with Gasteiger partial charge in [0.25, 0.3) is 0 Å². The lowest BCUT2D eigenvalue weighted by molar-refractivity contribution is -0.111. The summed E-state index contributed by atoms with van der Waals surface area (Å²) in [5.41, 5.74) is 0. The summed E-state index contributed by atoms with van der Waals surface area (Å²) in [4.78, 5) is 12.7. The molecule has 0 aromatic carbocycles. The molecule has 1 rings (SSSR count). The molecule has 84 valence electrons. The number of carbonyl (C=O) groups is 1. The number of hydrogen-bond donors (Lipinski definition) is 2. The van der Waals surface area contributed by atoms with Gasteiger partial charge >= 0.3 is 0 Å². The number of halogens is 1. The highest BCUT2D eigenvalue weighted by atomic mass is 35.5. The fraction of sp³-hybridized carbons (Fsp3) is 0.889. The molecule has 2 atom stereocenters. The highest BCUT2D eigenvalue weighted by molar-refractivity contribution is 5.85. The number of hydrogen-bond acceptors (Lipinski definition) is 3. The molecule has 14 heavy (non-hydrogen) atoms. The van der Waals surface area contributed by atoms with Crippen molar-refractivity contribution in [1.29, 1.82) is 0 Å². The van der Waals surface area contributed by atoms with Crippen molar-refractivity contribution in [2.75, 3.05) is 19.6 Å². The highest BCUT2D eigenvalue weighted by Gasteiger charge is 2.24. The summed E-state index contributed by atoms with van der Waals surface area (Å²) in [6, 6.07) is 0.541. The Hall–Kier alpha value is -0.320. The Balaban J connectivity index is 0.00000169. The largest absolute Gasteiger partial charge is 0.342 e. The van der Waals surface area contributed by atoms with E-state index in [4.69, 9.17) is 0 Å². The van der Waals surface area contributed by atoms with Crippen LogP contribution < -0.4 is 10.6 Å². The molecular weight excluding hydrogens is 202 g/mol. The molecule has 0 bridgehead atoms. The summed E-state index contributed by atoms with van der Waals surface area (Å²) in [7, 11) is 0. The first-order chi connectivity index (χ1) is 6.29. The molecule has 0 saturated carbocycles. The van der Waals surface area contributed by atoms with Crippen molar-refractivity contribution < 1.29 is 4.79 Å². The van der Waals surface area contributed by atoms with Crippen molar-refractivity contribution in [2.24, 2.45) is 0 Å². The summed E-state index contributed by atoms with van der Waals surface area (Å²) in [6.07, 6.45) is 2.07. The van der Waals surface area contributed by atoms with Crippen molar-refractivity contribution in [2.45, 2.75) is 32.5 Å². The van der Waals surface area contributed by atoms with E-state index in [1.807, 2.05) is 0 Å². The number of rotatable bonds is 4. The van der Waals surface area contributed by atoms with Gasteiger partial charge in [-0.1, -0.05) is 6.92 Å². The van der Waals surface area contributed by atoms with E-state index in [2.05, 4.69) is 29.4 Å². The monoisotopic (exact) mass is 221 g/mol. The molecule has 1 fully saturated rings. The van der Waals surface area contributed by atoms with E-state index in [1.54, 1.807) is 0 Å². The van der Waals surface area contributed by atoms with Crippen LogP contribution in [-0.4, -0.2) is 43.2 Å². The van der Waals surface area contributed by atoms with Gasteiger partial charge in [-0.05, 0) is 13.3 Å². The molecule has 1 aliphatic heterocycles. The number of nitrogens with one attached hydrogen (secondary N) is 2. The lowest BCUT2D eigenvalue weighted by Gasteiger charge is -2.39. The molecule has 0 radical (unpaired) electrons. The molecule has 2 unspecified atom stereocenters. The first-order valence-corrected chi connectivity index (χ1v) is 4.95. The average molecular weight is 222 g/mol. The zero-order valence-electron chi connectivity index (χ0n) is 8.82. The van der Waals surface area contributed by atoms with Gasteiger partial charge in [-0.2, -0.15) is 0 Å². The van der Waals surface area contributed by atoms with Crippen LogP contribution in [0.3, 0.4) is 0 Å². The maximum Gasteiger partial charge on any atom is 0.208 e. The van der Waals surface area contributed by atoms with Crippen LogP contribution in [-0.2, 0) is 4.79 Å². The molecule has 4 nitrogen and oxygen atoms in total. The summed E-state index contributed by atoms with van der Waals surface area (Å²) >= 11 is 0. The fourth-order valence-corrected chi connectivity index (χ4v) is 1.72. The molecule has 1 aliphatic rings. The molecule has 1 amide bonds. The van der Waals surface area contributed by atoms with Crippen molar-refractivity contribution in [3.63, 3.8) is 0 Å². The number of amides is 1. The lowest BCUT2D eigenvalue weighted by Crippen LogP contribution is -2.59. The van der Waals surface area contributed by atoms with E-state index >= 15 is 0 Å². The van der Waals surface area contributed by atoms with Crippen LogP contribution in [0.15, 0.2) is 0 Å². The van der Waals surface area contributed by atoms with E-state index in [-0.39, 0.29) is 18.6 Å². The summed E-state index contributed by atoms with van der Waals surface area (Å²) < 4.78 is 0. The van der Waals surface area contributed by atoms with Gasteiger partial charge in [-0.3, -0.25) is 9.69 Å². The average Bonchev–Trinajstić information content (AvgIpc) is 2.18. The normalized spacial score (nSPS) is 24.9. The van der Waals surface area contributed by atoms with Gasteiger partial charge in [0.2, 0.25) is 6.41 Å². The molecular formula is C9H20ClN3O. The van der Waals surface area contributed by atoms with Crippen LogP contribution in [0.2, 0.25) is 0 Å². The summed E-state index contributed by atoms with van der Waals surface area (Å²) in [5, 5.41) is 6.10. The maximum absolute atomic E-state index is 10.4. The van der Waals surface area contributed by atoms with E-state index in [9.17, 15) is 4.79 Å². The number of carbonyl (C=O) groups excluding carboxylic acids is 1. The zero-order chi connectivity index (χ0) is 9.68. The van der Waals surface area contributed by atoms with Gasteiger partial charge in [0.1, 0.15) is 0 Å². The molecule has 0 spiro atoms. The minimum absolute atomic E-state index is 0. The van der Waals surface area contributed by atoms with Crippen LogP contribution >= 0.6 is 12.4 Å². The van der Waals surface area contributed by atoms with Crippen molar-refractivity contribution in [3.8, 4) is 0 Å². The molecule has 0 aromatic rings. The molecule has 5 heteroatoms. The van der Waals surface area contributed by atoms with E-state index < -0.39 is 0 Å². The Kier molecular flexibility index (Phi) is 6.87. The molecule has 1 heterocycles. The molecule has 1 saturated heterocycles. The predicted octanol–water partition coefficient (Wildman–Crippen LogP) is 0.184. The standard InChI is InChI=1S/C9H19N3O.ClH/c1-3-8(2)12-5-4-10-6-9(12)11-7-13;/h7-10H,3-6H2,1-2H3,(H,11,13);1H. The van der Waals surface area contributed by atoms with Crippen LogP contribution in [0.4, 0.5) is 0 Å². The van der Waals surface area contributed by atoms with Gasteiger partial charge in [-0.15, -0.1) is 12.4 Å².